The molecule has 0 saturated carbocycles. The molecule has 0 bridgehead atoms. The van der Waals surface area contributed by atoms with Crippen molar-refractivity contribution >= 4 is 43.4 Å². The monoisotopic (exact) mass is 656 g/mol. The number of alkyl halides is 6. The number of carbonyl (C=O) groups is 4. The summed E-state index contributed by atoms with van der Waals surface area (Å²) in [6, 6.07) is 9.52. The van der Waals surface area contributed by atoms with Crippen LogP contribution in [0, 0.1) is 6.92 Å². The van der Waals surface area contributed by atoms with Crippen LogP contribution in [0.15, 0.2) is 59.7 Å². The van der Waals surface area contributed by atoms with Crippen molar-refractivity contribution in [2.75, 3.05) is 0 Å². The molecule has 1 N–H and O–H groups in total. The first-order valence-corrected chi connectivity index (χ1v) is 14.0. The Balaban J connectivity index is 0.000000225. The van der Waals surface area contributed by atoms with Crippen LogP contribution in [-0.2, 0) is 23.9 Å². The zero-order valence-electron chi connectivity index (χ0n) is 21.8. The van der Waals surface area contributed by atoms with E-state index in [-0.39, 0.29) is 34.4 Å². The lowest BCUT2D eigenvalue weighted by Crippen LogP contribution is -2.34. The molecule has 2 aromatic rings. The van der Waals surface area contributed by atoms with Gasteiger partial charge in [0, 0.05) is 33.4 Å². The molecular formula is C25H18F6O10S2. The molecule has 10 nitrogen and oxygen atoms in total. The minimum atomic E-state index is -6.85. The third kappa shape index (κ3) is 8.02. The molecule has 0 spiro atoms. The number of hydrogen-bond acceptors (Lipinski definition) is 10. The van der Waals surface area contributed by atoms with E-state index in [0.717, 1.165) is 5.56 Å². The summed E-state index contributed by atoms with van der Waals surface area (Å²) in [6.45, 7) is 5.17. The first-order chi connectivity index (χ1) is 19.4. The number of aromatic hydroxyl groups is 1. The van der Waals surface area contributed by atoms with E-state index in [1.165, 1.54) is 30.4 Å². The Morgan fingerprint density at radius 3 is 1.37 bits per heavy atom. The zero-order valence-corrected chi connectivity index (χ0v) is 23.5. The highest BCUT2D eigenvalue weighted by Gasteiger charge is 2.57. The molecule has 2 aliphatic carbocycles. The third-order valence-electron chi connectivity index (χ3n) is 5.36. The Morgan fingerprint density at radius 2 is 0.977 bits per heavy atom. The van der Waals surface area contributed by atoms with Crippen molar-refractivity contribution in [1.82, 2.24) is 0 Å². The molecular weight excluding hydrogens is 638 g/mol. The van der Waals surface area contributed by atoms with E-state index in [9.17, 15) is 67.5 Å². The summed E-state index contributed by atoms with van der Waals surface area (Å²) >= 11 is 0. The van der Waals surface area contributed by atoms with Crippen LogP contribution in [0.25, 0.3) is 0 Å². The summed E-state index contributed by atoms with van der Waals surface area (Å²) in [7, 11) is -13.7. The van der Waals surface area contributed by atoms with Crippen LogP contribution in [0.4, 0.5) is 26.3 Å². The number of aryl methyl sites for hydroxylation is 1. The molecule has 0 aliphatic heterocycles. The zero-order chi connectivity index (χ0) is 33.3. The molecule has 0 atom stereocenters. The Kier molecular flexibility index (Phi) is 9.95. The molecule has 0 heterocycles. The van der Waals surface area contributed by atoms with Gasteiger partial charge in [0.2, 0.25) is 0 Å². The standard InChI is InChI=1S/C12H10O2.C11H8O3.C2F6O5S2/c1-7-3-4-9-10(5-7)12(14)8(2)6-11(9)13;1-6-4-10(13)8-3-2-7(12)5-9(8)11(6)14;3-1(4,5)14(9,10)13-15(11,12)2(6,7)8/h3-6H,1-2H3;2-5,12H,1H3;. The van der Waals surface area contributed by atoms with Gasteiger partial charge in [-0.15, -0.1) is 3.63 Å². The Bertz CT molecular complexity index is 1670. The van der Waals surface area contributed by atoms with Crippen LogP contribution in [0.5, 0.6) is 5.75 Å². The number of benzene rings is 2. The van der Waals surface area contributed by atoms with Crippen LogP contribution in [0.2, 0.25) is 0 Å². The SMILES string of the molecule is CC1=CC(=O)c2ccc(C)cc2C1=O.CC1=CC(=O)c2ccc(O)cc2C1=O.O=S(=O)(OS(=O)(=O)C(F)(F)F)C(F)(F)F. The molecule has 43 heavy (non-hydrogen) atoms. The summed E-state index contributed by atoms with van der Waals surface area (Å²) in [5, 5.41) is 9.20. The number of ketones is 4. The molecule has 4 rings (SSSR count). The Hall–Kier alpha value is -4.16. The summed E-state index contributed by atoms with van der Waals surface area (Å²) < 4.78 is 110. The first kappa shape index (κ1) is 35.0. The third-order valence-corrected chi connectivity index (χ3v) is 7.92. The van der Waals surface area contributed by atoms with Crippen LogP contribution >= 0.6 is 0 Å². The number of Topliss-reactive ketones (excluding diaryl/α,β-unsaturated/α-hetero) is 2. The molecule has 2 aromatic carbocycles. The number of phenolic OH excluding ortho intramolecular Hbond substituents is 1. The smallest absolute Gasteiger partial charge is 0.508 e. The fourth-order valence-corrected chi connectivity index (χ4v) is 4.86. The molecule has 0 saturated heterocycles. The minimum Gasteiger partial charge on any atom is -0.508 e. The predicted octanol–water partition coefficient (Wildman–Crippen LogP) is 4.74. The fraction of sp³-hybridized carbons (Fsp3) is 0.200. The normalized spacial score (nSPS) is 15.2. The topological polar surface area (TPSA) is 166 Å². The number of hydrogen-bond donors (Lipinski definition) is 1. The van der Waals surface area contributed by atoms with Crippen molar-refractivity contribution in [2.24, 2.45) is 0 Å². The molecule has 18 heteroatoms. The second-order valence-electron chi connectivity index (χ2n) is 8.69. The van der Waals surface area contributed by atoms with Crippen LogP contribution in [0.3, 0.4) is 0 Å². The number of fused-ring (bicyclic) bond motifs is 2. The molecule has 0 amide bonds. The summed E-state index contributed by atoms with van der Waals surface area (Å²) in [4.78, 5) is 46.2. The van der Waals surface area contributed by atoms with Crippen LogP contribution in [-0.4, -0.2) is 56.1 Å². The highest BCUT2D eigenvalue weighted by molar-refractivity contribution is 8.00. The quantitative estimate of drug-likeness (QED) is 0.352. The predicted molar refractivity (Wildman–Crippen MR) is 135 cm³/mol. The van der Waals surface area contributed by atoms with Gasteiger partial charge in [0.05, 0.1) is 0 Å². The highest BCUT2D eigenvalue weighted by atomic mass is 32.3. The van der Waals surface area contributed by atoms with Gasteiger partial charge in [-0.1, -0.05) is 17.7 Å². The van der Waals surface area contributed by atoms with Crippen molar-refractivity contribution in [1.29, 1.82) is 0 Å². The largest absolute Gasteiger partial charge is 0.524 e. The first-order valence-electron chi connectivity index (χ1n) is 11.2. The maximum absolute atomic E-state index is 11.7. The van der Waals surface area contributed by atoms with Gasteiger partial charge in [-0.05, 0) is 57.2 Å². The van der Waals surface area contributed by atoms with Crippen molar-refractivity contribution in [2.45, 2.75) is 31.8 Å². The van der Waals surface area contributed by atoms with Gasteiger partial charge in [-0.2, -0.15) is 43.2 Å². The number of allylic oxidation sites excluding steroid dienone is 4. The van der Waals surface area contributed by atoms with E-state index in [2.05, 4.69) is 0 Å². The number of halogens is 6. The Labute approximate surface area is 239 Å². The molecule has 0 radical (unpaired) electrons. The lowest BCUT2D eigenvalue weighted by Gasteiger charge is -2.12. The van der Waals surface area contributed by atoms with Crippen LogP contribution < -0.4 is 0 Å². The van der Waals surface area contributed by atoms with Gasteiger partial charge >= 0.3 is 31.3 Å². The molecule has 232 valence electrons. The maximum atomic E-state index is 11.7. The van der Waals surface area contributed by atoms with Gasteiger partial charge in [0.15, 0.2) is 23.1 Å². The molecule has 0 fully saturated rings. The van der Waals surface area contributed by atoms with Crippen molar-refractivity contribution in [3.05, 3.63) is 87.5 Å². The van der Waals surface area contributed by atoms with Gasteiger partial charge in [-0.25, -0.2) is 0 Å². The average molecular weight is 657 g/mol. The van der Waals surface area contributed by atoms with Crippen molar-refractivity contribution < 1.29 is 71.1 Å². The van der Waals surface area contributed by atoms with Gasteiger partial charge in [0.1, 0.15) is 5.75 Å². The van der Waals surface area contributed by atoms with E-state index >= 15 is 0 Å². The number of rotatable bonds is 2. The van der Waals surface area contributed by atoms with Crippen molar-refractivity contribution in [3.8, 4) is 5.75 Å². The van der Waals surface area contributed by atoms with Gasteiger partial charge in [-0.3, -0.25) is 19.2 Å². The van der Waals surface area contributed by atoms with E-state index in [4.69, 9.17) is 0 Å². The van der Waals surface area contributed by atoms with Crippen molar-refractivity contribution in [3.63, 3.8) is 0 Å². The average Bonchev–Trinajstić information content (AvgIpc) is 2.84. The Morgan fingerprint density at radius 1 is 0.605 bits per heavy atom. The minimum absolute atomic E-state index is 0.000370. The second-order valence-corrected chi connectivity index (χ2v) is 12.0. The molecule has 0 unspecified atom stereocenters. The van der Waals surface area contributed by atoms with Gasteiger partial charge in [0.25, 0.3) is 0 Å². The second kappa shape index (κ2) is 12.2. The summed E-state index contributed by atoms with van der Waals surface area (Å²) in [5.74, 6) is -0.493. The summed E-state index contributed by atoms with van der Waals surface area (Å²) in [6.07, 6.45) is 2.72. The molecule has 2 aliphatic rings. The van der Waals surface area contributed by atoms with Crippen LogP contribution in [0.1, 0.15) is 60.8 Å². The van der Waals surface area contributed by atoms with E-state index in [1.807, 2.05) is 16.6 Å². The van der Waals surface area contributed by atoms with E-state index < -0.39 is 31.3 Å². The molecule has 0 aromatic heterocycles. The lowest BCUT2D eigenvalue weighted by atomic mass is 9.89. The summed E-state index contributed by atoms with van der Waals surface area (Å²) in [5.41, 5.74) is -8.88. The fourth-order valence-electron chi connectivity index (χ4n) is 3.30. The van der Waals surface area contributed by atoms with E-state index in [0.29, 0.717) is 27.8 Å². The maximum Gasteiger partial charge on any atom is 0.524 e. The number of carbonyl (C=O) groups excluding carboxylic acids is 4. The highest BCUT2D eigenvalue weighted by Crippen LogP contribution is 2.32. The lowest BCUT2D eigenvalue weighted by molar-refractivity contribution is -0.0586. The van der Waals surface area contributed by atoms with Gasteiger partial charge < -0.3 is 5.11 Å². The van der Waals surface area contributed by atoms with E-state index in [1.54, 1.807) is 26.0 Å². The number of phenols is 1.